The number of hydrogen-bond acceptors (Lipinski definition) is 3. The Kier molecular flexibility index (Phi) is 2.22. The molecule has 0 aliphatic rings. The summed E-state index contributed by atoms with van der Waals surface area (Å²) in [4.78, 5) is 15.1. The minimum Gasteiger partial charge on any atom is -0.478 e. The Morgan fingerprint density at radius 3 is 2.62 bits per heavy atom. The quantitative estimate of drug-likeness (QED) is 0.801. The minimum atomic E-state index is -0.956. The maximum atomic E-state index is 10.8. The molecule has 0 saturated carbocycles. The van der Waals surface area contributed by atoms with Crippen molar-refractivity contribution in [1.29, 1.82) is 0 Å². The third kappa shape index (κ3) is 1.78. The van der Waals surface area contributed by atoms with E-state index in [4.69, 9.17) is 9.52 Å². The lowest BCUT2D eigenvalue weighted by Gasteiger charge is -2.11. The molecule has 0 fully saturated rings. The second kappa shape index (κ2) is 3.33. The lowest BCUT2D eigenvalue weighted by Crippen LogP contribution is -2.10. The summed E-state index contributed by atoms with van der Waals surface area (Å²) in [6.45, 7) is 5.99. The van der Waals surface area contributed by atoms with E-state index in [9.17, 15) is 4.79 Å². The summed E-state index contributed by atoms with van der Waals surface area (Å²) in [5.41, 5.74) is 1.25. The predicted molar refractivity (Wildman–Crippen MR) is 59.7 cm³/mol. The Bertz CT molecular complexity index is 549. The van der Waals surface area contributed by atoms with E-state index < -0.39 is 5.97 Å². The van der Waals surface area contributed by atoms with Gasteiger partial charge in [0.2, 0.25) is 5.89 Å². The molecule has 0 amide bonds. The van der Waals surface area contributed by atoms with Crippen LogP contribution < -0.4 is 0 Å². The first-order valence-corrected chi connectivity index (χ1v) is 5.02. The molecule has 4 heteroatoms. The first kappa shape index (κ1) is 10.7. The van der Waals surface area contributed by atoms with Crippen molar-refractivity contribution >= 4 is 17.1 Å². The molecule has 0 saturated heterocycles. The van der Waals surface area contributed by atoms with Gasteiger partial charge in [-0.15, -0.1) is 0 Å². The fraction of sp³-hybridized carbons (Fsp3) is 0.333. The van der Waals surface area contributed by atoms with Gasteiger partial charge in [-0.3, -0.25) is 0 Å². The number of carboxylic acid groups (broad SMARTS) is 1. The third-order valence-electron chi connectivity index (χ3n) is 2.28. The van der Waals surface area contributed by atoms with E-state index in [0.717, 1.165) is 0 Å². The van der Waals surface area contributed by atoms with Gasteiger partial charge in [0.05, 0.1) is 5.56 Å². The number of carboxylic acids is 1. The highest BCUT2D eigenvalue weighted by Crippen LogP contribution is 2.26. The zero-order valence-electron chi connectivity index (χ0n) is 9.44. The SMILES string of the molecule is CC(C)(C)c1nc2cc(C(=O)O)ccc2o1. The highest BCUT2D eigenvalue weighted by molar-refractivity contribution is 5.91. The summed E-state index contributed by atoms with van der Waals surface area (Å²) in [5.74, 6) is -0.341. The Morgan fingerprint density at radius 1 is 1.38 bits per heavy atom. The third-order valence-corrected chi connectivity index (χ3v) is 2.28. The van der Waals surface area contributed by atoms with E-state index in [-0.39, 0.29) is 11.0 Å². The van der Waals surface area contributed by atoms with Crippen molar-refractivity contribution in [2.45, 2.75) is 26.2 Å². The van der Waals surface area contributed by atoms with Gasteiger partial charge in [0.25, 0.3) is 0 Å². The van der Waals surface area contributed by atoms with Gasteiger partial charge in [-0.2, -0.15) is 0 Å². The number of nitrogens with zero attached hydrogens (tertiary/aromatic N) is 1. The van der Waals surface area contributed by atoms with E-state index in [1.54, 1.807) is 6.07 Å². The molecule has 1 aromatic heterocycles. The van der Waals surface area contributed by atoms with Crippen LogP contribution in [0, 0.1) is 0 Å². The summed E-state index contributed by atoms with van der Waals surface area (Å²) >= 11 is 0. The molecule has 16 heavy (non-hydrogen) atoms. The van der Waals surface area contributed by atoms with Crippen molar-refractivity contribution in [3.8, 4) is 0 Å². The molecule has 0 aliphatic heterocycles. The van der Waals surface area contributed by atoms with Crippen LogP contribution in [-0.2, 0) is 5.41 Å². The van der Waals surface area contributed by atoms with Gasteiger partial charge in [0.1, 0.15) is 5.52 Å². The Morgan fingerprint density at radius 2 is 2.06 bits per heavy atom. The van der Waals surface area contributed by atoms with Crippen LogP contribution in [0.2, 0.25) is 0 Å². The molecule has 84 valence electrons. The highest BCUT2D eigenvalue weighted by Gasteiger charge is 2.21. The fourth-order valence-electron chi connectivity index (χ4n) is 1.38. The van der Waals surface area contributed by atoms with Crippen LogP contribution in [0.3, 0.4) is 0 Å². The Hall–Kier alpha value is -1.84. The van der Waals surface area contributed by atoms with Gasteiger partial charge < -0.3 is 9.52 Å². The largest absolute Gasteiger partial charge is 0.478 e. The zero-order chi connectivity index (χ0) is 11.9. The van der Waals surface area contributed by atoms with Crippen molar-refractivity contribution < 1.29 is 14.3 Å². The van der Waals surface area contributed by atoms with E-state index in [1.165, 1.54) is 12.1 Å². The number of carbonyl (C=O) groups is 1. The van der Waals surface area contributed by atoms with E-state index in [1.807, 2.05) is 20.8 Å². The molecule has 2 aromatic rings. The standard InChI is InChI=1S/C12H13NO3/c1-12(2,3)11-13-8-6-7(10(14)15)4-5-9(8)16-11/h4-6H,1-3H3,(H,14,15). The maximum absolute atomic E-state index is 10.8. The summed E-state index contributed by atoms with van der Waals surface area (Å²) in [6, 6.07) is 4.68. The van der Waals surface area contributed by atoms with Crippen LogP contribution in [0.5, 0.6) is 0 Å². The van der Waals surface area contributed by atoms with Gasteiger partial charge in [0.15, 0.2) is 5.58 Å². The number of rotatable bonds is 1. The molecule has 0 aliphatic carbocycles. The Labute approximate surface area is 92.9 Å². The van der Waals surface area contributed by atoms with Crippen molar-refractivity contribution in [3.63, 3.8) is 0 Å². The van der Waals surface area contributed by atoms with Crippen molar-refractivity contribution in [3.05, 3.63) is 29.7 Å². The summed E-state index contributed by atoms with van der Waals surface area (Å²) in [5, 5.41) is 8.85. The molecule has 4 nitrogen and oxygen atoms in total. The number of aromatic nitrogens is 1. The van der Waals surface area contributed by atoms with E-state index in [0.29, 0.717) is 17.0 Å². The van der Waals surface area contributed by atoms with Gasteiger partial charge in [-0.25, -0.2) is 9.78 Å². The first-order chi connectivity index (χ1) is 7.38. The molecular weight excluding hydrogens is 206 g/mol. The average Bonchev–Trinajstić information content (AvgIpc) is 2.58. The number of aromatic carboxylic acids is 1. The molecule has 2 rings (SSSR count). The average molecular weight is 219 g/mol. The topological polar surface area (TPSA) is 63.3 Å². The maximum Gasteiger partial charge on any atom is 0.335 e. The molecule has 1 aromatic carbocycles. The summed E-state index contributed by atoms with van der Waals surface area (Å²) in [7, 11) is 0. The van der Waals surface area contributed by atoms with Crippen LogP contribution in [0.1, 0.15) is 37.0 Å². The van der Waals surface area contributed by atoms with Gasteiger partial charge in [-0.1, -0.05) is 20.8 Å². The fourth-order valence-corrected chi connectivity index (χ4v) is 1.38. The minimum absolute atomic E-state index is 0.178. The summed E-state index contributed by atoms with van der Waals surface area (Å²) in [6.07, 6.45) is 0. The number of oxazole rings is 1. The molecule has 1 N–H and O–H groups in total. The summed E-state index contributed by atoms with van der Waals surface area (Å²) < 4.78 is 5.56. The van der Waals surface area contributed by atoms with E-state index in [2.05, 4.69) is 4.98 Å². The van der Waals surface area contributed by atoms with Crippen LogP contribution in [0.15, 0.2) is 22.6 Å². The molecule has 0 unspecified atom stereocenters. The Balaban J connectivity index is 2.59. The van der Waals surface area contributed by atoms with Crippen LogP contribution in [-0.4, -0.2) is 16.1 Å². The highest BCUT2D eigenvalue weighted by atomic mass is 16.4. The van der Waals surface area contributed by atoms with Crippen molar-refractivity contribution in [1.82, 2.24) is 4.98 Å². The molecule has 0 spiro atoms. The first-order valence-electron chi connectivity index (χ1n) is 5.02. The smallest absolute Gasteiger partial charge is 0.335 e. The van der Waals surface area contributed by atoms with Gasteiger partial charge in [0, 0.05) is 5.41 Å². The number of hydrogen-bond donors (Lipinski definition) is 1. The molecule has 0 radical (unpaired) electrons. The number of fused-ring (bicyclic) bond motifs is 1. The second-order valence-electron chi connectivity index (χ2n) is 4.76. The molecule has 0 atom stereocenters. The van der Waals surface area contributed by atoms with E-state index >= 15 is 0 Å². The lowest BCUT2D eigenvalue weighted by molar-refractivity contribution is 0.0697. The molecular formula is C12H13NO3. The van der Waals surface area contributed by atoms with Crippen LogP contribution >= 0.6 is 0 Å². The monoisotopic (exact) mass is 219 g/mol. The van der Waals surface area contributed by atoms with Crippen molar-refractivity contribution in [2.24, 2.45) is 0 Å². The zero-order valence-corrected chi connectivity index (χ0v) is 9.44. The van der Waals surface area contributed by atoms with Gasteiger partial charge >= 0.3 is 5.97 Å². The van der Waals surface area contributed by atoms with Gasteiger partial charge in [-0.05, 0) is 18.2 Å². The van der Waals surface area contributed by atoms with Crippen LogP contribution in [0.4, 0.5) is 0 Å². The molecule has 0 bridgehead atoms. The molecule has 1 heterocycles. The second-order valence-corrected chi connectivity index (χ2v) is 4.76. The predicted octanol–water partition coefficient (Wildman–Crippen LogP) is 2.82. The van der Waals surface area contributed by atoms with Crippen LogP contribution in [0.25, 0.3) is 11.1 Å². The van der Waals surface area contributed by atoms with Crippen molar-refractivity contribution in [2.75, 3.05) is 0 Å². The normalized spacial score (nSPS) is 11.9. The number of benzene rings is 1. The lowest BCUT2D eigenvalue weighted by atomic mass is 9.97.